The maximum absolute atomic E-state index is 12.6. The fraction of sp³-hybridized carbons (Fsp3) is 0.417. The molecule has 0 unspecified atom stereocenters. The lowest BCUT2D eigenvalue weighted by Crippen LogP contribution is -2.42. The molecule has 2 aromatic rings. The minimum atomic E-state index is -4.41. The van der Waals surface area contributed by atoms with E-state index >= 15 is 0 Å². The highest BCUT2D eigenvalue weighted by atomic mass is 19.4. The first-order valence-electron chi connectivity index (χ1n) is 11.0. The maximum Gasteiger partial charge on any atom is 0.416 e. The molecule has 3 N–H and O–H groups in total. The second-order valence-electron chi connectivity index (χ2n) is 8.34. The topological polar surface area (TPSA) is 70.2 Å². The molecule has 0 aliphatic carbocycles. The third kappa shape index (κ3) is 7.45. The zero-order chi connectivity index (χ0) is 25.6. The molecule has 3 rings (SSSR count). The molecule has 0 bridgehead atoms. The van der Waals surface area contributed by atoms with Gasteiger partial charge in [-0.1, -0.05) is 24.3 Å². The molecule has 0 radical (unpaired) electrons. The van der Waals surface area contributed by atoms with Crippen LogP contribution in [0.25, 0.3) is 0 Å². The molecule has 1 saturated heterocycles. The molecule has 1 aliphatic heterocycles. The van der Waals surface area contributed by atoms with E-state index in [4.69, 9.17) is 0 Å². The van der Waals surface area contributed by atoms with Crippen molar-refractivity contribution in [3.63, 3.8) is 0 Å². The molecule has 11 heteroatoms. The Hall–Kier alpha value is -3.08. The normalized spacial score (nSPS) is 18.3. The molecule has 1 heterocycles. The minimum absolute atomic E-state index is 0.211. The van der Waals surface area contributed by atoms with Gasteiger partial charge in [0, 0.05) is 26.2 Å². The van der Waals surface area contributed by atoms with E-state index in [1.165, 1.54) is 24.3 Å². The number of alkyl halides is 6. The summed E-state index contributed by atoms with van der Waals surface area (Å²) in [6, 6.07) is 9.40. The molecule has 0 aromatic heterocycles. The van der Waals surface area contributed by atoms with E-state index in [0.717, 1.165) is 24.3 Å². The van der Waals surface area contributed by atoms with E-state index in [1.807, 2.05) is 0 Å². The molecule has 1 fully saturated rings. The largest absolute Gasteiger partial charge is 0.416 e. The van der Waals surface area contributed by atoms with Gasteiger partial charge in [0.2, 0.25) is 11.8 Å². The predicted molar refractivity (Wildman–Crippen MR) is 116 cm³/mol. The number of rotatable bonds is 8. The number of carbonyl (C=O) groups excluding carboxylic acids is 2. The van der Waals surface area contributed by atoms with Crippen molar-refractivity contribution in [3.05, 3.63) is 70.8 Å². The van der Waals surface area contributed by atoms with Crippen molar-refractivity contribution >= 4 is 11.8 Å². The van der Waals surface area contributed by atoms with Crippen LogP contribution in [-0.2, 0) is 34.8 Å². The fourth-order valence-electron chi connectivity index (χ4n) is 3.87. The van der Waals surface area contributed by atoms with Crippen LogP contribution >= 0.6 is 0 Å². The Morgan fingerprint density at radius 1 is 0.686 bits per heavy atom. The van der Waals surface area contributed by atoms with Crippen molar-refractivity contribution in [3.8, 4) is 0 Å². The van der Waals surface area contributed by atoms with Crippen molar-refractivity contribution in [2.24, 2.45) is 11.8 Å². The Kier molecular flexibility index (Phi) is 8.42. The molecule has 2 atom stereocenters. The zero-order valence-electron chi connectivity index (χ0n) is 18.6. The molecule has 5 nitrogen and oxygen atoms in total. The van der Waals surface area contributed by atoms with Gasteiger partial charge in [-0.15, -0.1) is 0 Å². The van der Waals surface area contributed by atoms with E-state index < -0.39 is 35.3 Å². The molecule has 0 saturated carbocycles. The van der Waals surface area contributed by atoms with Crippen molar-refractivity contribution in [2.75, 3.05) is 26.2 Å². The Labute approximate surface area is 198 Å². The smallest absolute Gasteiger partial charge is 0.355 e. The molecule has 1 aliphatic rings. The number of nitrogens with one attached hydrogen (secondary N) is 3. The quantitative estimate of drug-likeness (QED) is 0.485. The second kappa shape index (κ2) is 11.1. The van der Waals surface area contributed by atoms with Gasteiger partial charge in [0.25, 0.3) is 0 Å². The van der Waals surface area contributed by atoms with E-state index in [1.54, 1.807) is 0 Å². The maximum atomic E-state index is 12.6. The van der Waals surface area contributed by atoms with Crippen LogP contribution in [0.5, 0.6) is 0 Å². The molecular formula is C24H25F6N3O2. The SMILES string of the molecule is O=C(NCCc1ccc(C(F)(F)F)cc1)[C@H]1CNC[C@@H]1C(=O)NCCc1ccc(C(F)(F)F)cc1. The van der Waals surface area contributed by atoms with Crippen LogP contribution in [-0.4, -0.2) is 38.0 Å². The molecule has 0 spiro atoms. The zero-order valence-corrected chi connectivity index (χ0v) is 18.6. The van der Waals surface area contributed by atoms with Crippen LogP contribution in [0.15, 0.2) is 48.5 Å². The van der Waals surface area contributed by atoms with Crippen molar-refractivity contribution in [1.29, 1.82) is 0 Å². The summed E-state index contributed by atoms with van der Waals surface area (Å²) < 4.78 is 75.8. The Balaban J connectivity index is 1.43. The molecule has 2 aromatic carbocycles. The lowest BCUT2D eigenvalue weighted by atomic mass is 9.94. The molecule has 190 valence electrons. The molecular weight excluding hydrogens is 476 g/mol. The summed E-state index contributed by atoms with van der Waals surface area (Å²) >= 11 is 0. The summed E-state index contributed by atoms with van der Waals surface area (Å²) in [4.78, 5) is 25.1. The highest BCUT2D eigenvalue weighted by Crippen LogP contribution is 2.30. The van der Waals surface area contributed by atoms with Crippen LogP contribution in [0.2, 0.25) is 0 Å². The van der Waals surface area contributed by atoms with Crippen LogP contribution in [0.4, 0.5) is 26.3 Å². The first-order valence-corrected chi connectivity index (χ1v) is 11.0. The highest BCUT2D eigenvalue weighted by Gasteiger charge is 2.37. The summed E-state index contributed by atoms with van der Waals surface area (Å²) in [5.41, 5.74) is -0.204. The van der Waals surface area contributed by atoms with E-state index in [2.05, 4.69) is 16.0 Å². The number of hydrogen-bond acceptors (Lipinski definition) is 3. The van der Waals surface area contributed by atoms with Gasteiger partial charge in [-0.05, 0) is 48.2 Å². The minimum Gasteiger partial charge on any atom is -0.355 e. The van der Waals surface area contributed by atoms with Gasteiger partial charge in [0.15, 0.2) is 0 Å². The lowest BCUT2D eigenvalue weighted by molar-refractivity contribution is -0.138. The monoisotopic (exact) mass is 501 g/mol. The first kappa shape index (κ1) is 26.5. The lowest BCUT2D eigenvalue weighted by Gasteiger charge is -2.18. The summed E-state index contributed by atoms with van der Waals surface area (Å²) in [6.07, 6.45) is -8.13. The van der Waals surface area contributed by atoms with E-state index in [9.17, 15) is 35.9 Å². The fourth-order valence-corrected chi connectivity index (χ4v) is 3.87. The van der Waals surface area contributed by atoms with Crippen LogP contribution < -0.4 is 16.0 Å². The number of benzene rings is 2. The van der Waals surface area contributed by atoms with E-state index in [-0.39, 0.29) is 24.9 Å². The van der Waals surface area contributed by atoms with Gasteiger partial charge in [-0.25, -0.2) is 0 Å². The van der Waals surface area contributed by atoms with Crippen LogP contribution in [0.1, 0.15) is 22.3 Å². The number of amides is 2. The average molecular weight is 501 g/mol. The van der Waals surface area contributed by atoms with Gasteiger partial charge in [0.05, 0.1) is 23.0 Å². The average Bonchev–Trinajstić information content (AvgIpc) is 3.29. The van der Waals surface area contributed by atoms with Gasteiger partial charge in [0.1, 0.15) is 0 Å². The third-order valence-corrected chi connectivity index (χ3v) is 5.88. The molecule has 2 amide bonds. The number of halogens is 6. The van der Waals surface area contributed by atoms with Gasteiger partial charge in [-0.2, -0.15) is 26.3 Å². The Bertz CT molecular complexity index is 922. The second-order valence-corrected chi connectivity index (χ2v) is 8.34. The summed E-state index contributed by atoms with van der Waals surface area (Å²) in [7, 11) is 0. The van der Waals surface area contributed by atoms with E-state index in [0.29, 0.717) is 37.1 Å². The van der Waals surface area contributed by atoms with Crippen LogP contribution in [0, 0.1) is 11.8 Å². The first-order chi connectivity index (χ1) is 16.4. The number of hydrogen-bond donors (Lipinski definition) is 3. The Morgan fingerprint density at radius 3 is 1.34 bits per heavy atom. The van der Waals surface area contributed by atoms with Crippen LogP contribution in [0.3, 0.4) is 0 Å². The highest BCUT2D eigenvalue weighted by molar-refractivity contribution is 5.88. The summed E-state index contributed by atoms with van der Waals surface area (Å²) in [5, 5.41) is 8.46. The van der Waals surface area contributed by atoms with Gasteiger partial charge >= 0.3 is 12.4 Å². The Morgan fingerprint density at radius 2 is 1.03 bits per heavy atom. The molecule has 35 heavy (non-hydrogen) atoms. The summed E-state index contributed by atoms with van der Waals surface area (Å²) in [5.74, 6) is -1.86. The van der Waals surface area contributed by atoms with Crippen molar-refractivity contribution < 1.29 is 35.9 Å². The van der Waals surface area contributed by atoms with Crippen molar-refractivity contribution in [1.82, 2.24) is 16.0 Å². The van der Waals surface area contributed by atoms with Crippen molar-refractivity contribution in [2.45, 2.75) is 25.2 Å². The van der Waals surface area contributed by atoms with Gasteiger partial charge in [-0.3, -0.25) is 9.59 Å². The standard InChI is InChI=1S/C24H25F6N3O2/c25-23(26,27)17-5-1-15(2-6-17)9-11-32-21(34)19-13-31-14-20(19)22(35)33-12-10-16-3-7-18(8-4-16)24(28,29)30/h1-8,19-20,31H,9-14H2,(H,32,34)(H,33,35)/t19-,20-/m0/s1. The van der Waals surface area contributed by atoms with Gasteiger partial charge < -0.3 is 16.0 Å². The summed E-state index contributed by atoms with van der Waals surface area (Å²) in [6.45, 7) is 1.04. The predicted octanol–water partition coefficient (Wildman–Crippen LogP) is 3.58. The number of carbonyl (C=O) groups is 2. The third-order valence-electron chi connectivity index (χ3n) is 5.88.